The fourth-order valence-corrected chi connectivity index (χ4v) is 3.52. The summed E-state index contributed by atoms with van der Waals surface area (Å²) in [4.78, 5) is 37.8. The highest BCUT2D eigenvalue weighted by atomic mass is 16.4. The number of nitrogens with one attached hydrogen (secondary N) is 2. The van der Waals surface area contributed by atoms with Gasteiger partial charge in [0.05, 0.1) is 28.6 Å². The van der Waals surface area contributed by atoms with Crippen molar-refractivity contribution in [3.63, 3.8) is 0 Å². The van der Waals surface area contributed by atoms with E-state index in [-0.39, 0.29) is 28.3 Å². The Kier molecular flexibility index (Phi) is 6.97. The third-order valence-corrected chi connectivity index (χ3v) is 5.51. The summed E-state index contributed by atoms with van der Waals surface area (Å²) in [5.41, 5.74) is 1.50. The van der Waals surface area contributed by atoms with Gasteiger partial charge in [-0.25, -0.2) is 4.79 Å². The normalized spacial score (nSPS) is 10.2. The predicted octanol–water partition coefficient (Wildman–Crippen LogP) is 3.93. The lowest BCUT2D eigenvalue weighted by Crippen LogP contribution is -2.26. The third-order valence-electron chi connectivity index (χ3n) is 5.51. The number of carboxylic acid groups (broad SMARTS) is 1. The molecule has 9 heteroatoms. The molecule has 0 saturated heterocycles. The van der Waals surface area contributed by atoms with Crippen molar-refractivity contribution in [2.75, 3.05) is 17.3 Å². The van der Waals surface area contributed by atoms with Crippen molar-refractivity contribution >= 4 is 34.9 Å². The van der Waals surface area contributed by atoms with Crippen LogP contribution in [-0.2, 0) is 9.59 Å². The lowest BCUT2D eigenvalue weighted by molar-refractivity contribution is -0.116. The van der Waals surface area contributed by atoms with E-state index in [1.807, 2.05) is 37.3 Å². The van der Waals surface area contributed by atoms with Crippen molar-refractivity contribution in [3.8, 4) is 22.9 Å². The zero-order valence-electron chi connectivity index (χ0n) is 19.2. The minimum Gasteiger partial charge on any atom is -0.507 e. The molecule has 0 atom stereocenters. The summed E-state index contributed by atoms with van der Waals surface area (Å²) in [6.45, 7) is 3.25. The van der Waals surface area contributed by atoms with E-state index in [1.165, 1.54) is 36.1 Å². The Morgan fingerprint density at radius 3 is 2.31 bits per heavy atom. The van der Waals surface area contributed by atoms with E-state index < -0.39 is 23.3 Å². The number of phenols is 1. The van der Waals surface area contributed by atoms with Crippen molar-refractivity contribution in [3.05, 3.63) is 76.9 Å². The second kappa shape index (κ2) is 9.89. The van der Waals surface area contributed by atoms with Crippen LogP contribution in [0.2, 0.25) is 0 Å². The van der Waals surface area contributed by atoms with Crippen LogP contribution >= 0.6 is 0 Å². The topological polar surface area (TPSA) is 155 Å². The second-order valence-corrected chi connectivity index (χ2v) is 7.79. The van der Waals surface area contributed by atoms with Crippen LogP contribution in [0.25, 0.3) is 11.1 Å². The van der Waals surface area contributed by atoms with E-state index in [4.69, 9.17) is 10.7 Å². The van der Waals surface area contributed by atoms with Crippen molar-refractivity contribution < 1.29 is 24.6 Å². The highest BCUT2D eigenvalue weighted by molar-refractivity contribution is 6.48. The highest BCUT2D eigenvalue weighted by Gasteiger charge is 2.23. The Morgan fingerprint density at radius 2 is 1.71 bits per heavy atom. The van der Waals surface area contributed by atoms with Gasteiger partial charge >= 0.3 is 5.97 Å². The number of aromatic hydroxyl groups is 1. The number of rotatable bonds is 6. The number of nitriles is 1. The van der Waals surface area contributed by atoms with E-state index in [0.717, 1.165) is 17.2 Å². The number of aromatic carboxylic acids is 1. The van der Waals surface area contributed by atoms with Crippen LogP contribution in [0.1, 0.15) is 34.0 Å². The molecule has 3 aromatic carbocycles. The molecule has 0 saturated carbocycles. The average Bonchev–Trinajstić information content (AvgIpc) is 2.83. The van der Waals surface area contributed by atoms with Gasteiger partial charge in [0.25, 0.3) is 5.91 Å². The Bertz CT molecular complexity index is 1420. The summed E-state index contributed by atoms with van der Waals surface area (Å²) in [7, 11) is 1.55. The number of benzene rings is 3. The maximum absolute atomic E-state index is 12.9. The fraction of sp³-hybridized carbons (Fsp3) is 0.115. The van der Waals surface area contributed by atoms with Gasteiger partial charge in [-0.15, -0.1) is 0 Å². The number of carboxylic acids is 1. The van der Waals surface area contributed by atoms with Crippen LogP contribution in [0.5, 0.6) is 5.75 Å². The summed E-state index contributed by atoms with van der Waals surface area (Å²) in [5, 5.41) is 39.9. The number of aryl methyl sites for hydroxylation is 1. The van der Waals surface area contributed by atoms with Gasteiger partial charge in [-0.3, -0.25) is 15.0 Å². The molecule has 0 aliphatic carbocycles. The van der Waals surface area contributed by atoms with Gasteiger partial charge in [-0.05, 0) is 42.3 Å². The zero-order chi connectivity index (χ0) is 25.9. The molecule has 0 bridgehead atoms. The molecule has 176 valence electrons. The molecule has 0 radical (unpaired) electrons. The van der Waals surface area contributed by atoms with Crippen LogP contribution in [0.15, 0.2) is 54.6 Å². The molecular formula is C26H22N4O5. The molecule has 0 aliphatic rings. The lowest BCUT2D eigenvalue weighted by Gasteiger charge is -2.22. The van der Waals surface area contributed by atoms with E-state index in [1.54, 1.807) is 7.05 Å². The summed E-state index contributed by atoms with van der Waals surface area (Å²) >= 11 is 0. The first-order chi connectivity index (χ1) is 16.5. The highest BCUT2D eigenvalue weighted by Crippen LogP contribution is 2.38. The Morgan fingerprint density at radius 1 is 1.03 bits per heavy atom. The Balaban J connectivity index is 2.08. The van der Waals surface area contributed by atoms with Gasteiger partial charge < -0.3 is 20.4 Å². The minimum absolute atomic E-state index is 0.0983. The number of hydrogen-bond donors (Lipinski definition) is 4. The van der Waals surface area contributed by atoms with E-state index in [0.29, 0.717) is 11.3 Å². The van der Waals surface area contributed by atoms with Gasteiger partial charge in [-0.2, -0.15) is 5.26 Å². The average molecular weight is 470 g/mol. The van der Waals surface area contributed by atoms with Gasteiger partial charge in [0.2, 0.25) is 5.91 Å². The zero-order valence-corrected chi connectivity index (χ0v) is 19.2. The van der Waals surface area contributed by atoms with E-state index >= 15 is 0 Å². The molecule has 0 heterocycles. The first-order valence-corrected chi connectivity index (χ1v) is 10.4. The number of carbonyl (C=O) groups is 3. The lowest BCUT2D eigenvalue weighted by atomic mass is 9.94. The van der Waals surface area contributed by atoms with Crippen molar-refractivity contribution in [2.24, 2.45) is 0 Å². The van der Waals surface area contributed by atoms with E-state index in [9.17, 15) is 24.6 Å². The molecule has 0 aromatic heterocycles. The first kappa shape index (κ1) is 24.7. The SMILES string of the molecule is CC(=O)N(C)c1cc(O)c(C(=N)C(=O)Nc2ccc(C#N)cc2C(=O)O)cc1-c1ccccc1C. The molecule has 9 nitrogen and oxygen atoms in total. The fourth-order valence-electron chi connectivity index (χ4n) is 3.52. The van der Waals surface area contributed by atoms with Crippen molar-refractivity contribution in [1.82, 2.24) is 0 Å². The summed E-state index contributed by atoms with van der Waals surface area (Å²) < 4.78 is 0. The van der Waals surface area contributed by atoms with Gasteiger partial charge in [0, 0.05) is 31.2 Å². The first-order valence-electron chi connectivity index (χ1n) is 10.4. The van der Waals surface area contributed by atoms with Gasteiger partial charge in [0.15, 0.2) is 0 Å². The summed E-state index contributed by atoms with van der Waals surface area (Å²) in [5.74, 6) is -2.99. The molecular weight excluding hydrogens is 448 g/mol. The quantitative estimate of drug-likeness (QED) is 0.400. The molecule has 0 spiro atoms. The number of carbonyl (C=O) groups excluding carboxylic acids is 2. The molecule has 3 rings (SSSR count). The monoisotopic (exact) mass is 470 g/mol. The molecule has 4 N–H and O–H groups in total. The molecule has 35 heavy (non-hydrogen) atoms. The Labute approximate surface area is 201 Å². The number of anilines is 2. The number of amides is 2. The molecule has 0 unspecified atom stereocenters. The maximum atomic E-state index is 12.9. The summed E-state index contributed by atoms with van der Waals surface area (Å²) in [6.07, 6.45) is 0. The molecule has 2 amide bonds. The minimum atomic E-state index is -1.36. The van der Waals surface area contributed by atoms with Crippen LogP contribution in [-0.4, -0.2) is 40.8 Å². The van der Waals surface area contributed by atoms with Crippen LogP contribution < -0.4 is 10.2 Å². The van der Waals surface area contributed by atoms with Gasteiger partial charge in [-0.1, -0.05) is 24.3 Å². The van der Waals surface area contributed by atoms with Crippen LogP contribution in [0.3, 0.4) is 0 Å². The summed E-state index contributed by atoms with van der Waals surface area (Å²) in [6, 6.07) is 15.7. The second-order valence-electron chi connectivity index (χ2n) is 7.79. The van der Waals surface area contributed by atoms with Crippen molar-refractivity contribution in [2.45, 2.75) is 13.8 Å². The molecule has 0 fully saturated rings. The van der Waals surface area contributed by atoms with E-state index in [2.05, 4.69) is 5.32 Å². The third kappa shape index (κ3) is 5.02. The smallest absolute Gasteiger partial charge is 0.337 e. The number of phenolic OH excluding ortho intramolecular Hbond substituents is 1. The standard InChI is InChI=1S/C26H22N4O5/c1-14-6-4-5-7-17(14)18-11-20(23(32)12-22(18)30(3)15(2)31)24(28)25(33)29-21-9-8-16(13-27)10-19(21)26(34)35/h4-12,28,32H,1-3H3,(H,29,33)(H,34,35). The molecule has 0 aliphatic heterocycles. The Hall–Kier alpha value is -4.97. The number of hydrogen-bond acceptors (Lipinski definition) is 6. The van der Waals surface area contributed by atoms with Crippen LogP contribution in [0.4, 0.5) is 11.4 Å². The van der Waals surface area contributed by atoms with Gasteiger partial charge in [0.1, 0.15) is 11.5 Å². The predicted molar refractivity (Wildman–Crippen MR) is 131 cm³/mol. The molecule has 3 aromatic rings. The largest absolute Gasteiger partial charge is 0.507 e. The maximum Gasteiger partial charge on any atom is 0.337 e. The van der Waals surface area contributed by atoms with Crippen LogP contribution in [0, 0.1) is 23.7 Å². The van der Waals surface area contributed by atoms with Crippen molar-refractivity contribution in [1.29, 1.82) is 10.7 Å². The number of nitrogens with zero attached hydrogens (tertiary/aromatic N) is 2.